The topological polar surface area (TPSA) is 33.4 Å². The average molecular weight is 208 g/mol. The van der Waals surface area contributed by atoms with Gasteiger partial charge in [0.05, 0.1) is 11.5 Å². The Kier molecular flexibility index (Phi) is 2.79. The number of hydrogen-bond acceptors (Lipinski definition) is 3. The van der Waals surface area contributed by atoms with Gasteiger partial charge in [0.15, 0.2) is 0 Å². The van der Waals surface area contributed by atoms with Crippen molar-refractivity contribution in [3.05, 3.63) is 30.5 Å². The molecule has 2 nitrogen and oxygen atoms in total. The van der Waals surface area contributed by atoms with Crippen molar-refractivity contribution < 1.29 is 9.52 Å². The van der Waals surface area contributed by atoms with Gasteiger partial charge in [-0.1, -0.05) is 19.1 Å². The summed E-state index contributed by atoms with van der Waals surface area (Å²) in [5.74, 6) is 0. The van der Waals surface area contributed by atoms with E-state index in [0.717, 1.165) is 15.9 Å². The molecule has 3 heteroatoms. The second-order valence-electron chi connectivity index (χ2n) is 3.21. The fourth-order valence-electron chi connectivity index (χ4n) is 1.30. The second-order valence-corrected chi connectivity index (χ2v) is 4.69. The molecule has 0 aliphatic heterocycles. The molecular weight excluding hydrogens is 196 g/mol. The van der Waals surface area contributed by atoms with Gasteiger partial charge in [-0.05, 0) is 12.1 Å². The first-order chi connectivity index (χ1) is 6.81. The van der Waals surface area contributed by atoms with Crippen molar-refractivity contribution >= 4 is 22.7 Å². The maximum atomic E-state index is 8.95. The lowest BCUT2D eigenvalue weighted by Crippen LogP contribution is -2.00. The predicted octanol–water partition coefficient (Wildman–Crippen LogP) is 2.91. The first kappa shape index (κ1) is 9.62. The van der Waals surface area contributed by atoms with Crippen molar-refractivity contribution in [2.45, 2.75) is 17.1 Å². The van der Waals surface area contributed by atoms with Gasteiger partial charge in [0.2, 0.25) is 0 Å². The van der Waals surface area contributed by atoms with E-state index in [2.05, 4.69) is 0 Å². The Morgan fingerprint density at radius 3 is 3.00 bits per heavy atom. The molecular formula is C11H12O2S. The van der Waals surface area contributed by atoms with Gasteiger partial charge in [-0.15, -0.1) is 11.8 Å². The predicted molar refractivity (Wildman–Crippen MR) is 58.6 cm³/mol. The van der Waals surface area contributed by atoms with Crippen molar-refractivity contribution in [2.75, 3.05) is 6.61 Å². The van der Waals surface area contributed by atoms with Gasteiger partial charge in [0, 0.05) is 10.6 Å². The van der Waals surface area contributed by atoms with Crippen molar-refractivity contribution in [1.29, 1.82) is 0 Å². The van der Waals surface area contributed by atoms with Gasteiger partial charge < -0.3 is 9.52 Å². The molecule has 0 spiro atoms. The van der Waals surface area contributed by atoms with E-state index in [1.807, 2.05) is 31.2 Å². The smallest absolute Gasteiger partial charge is 0.135 e. The Balaban J connectivity index is 2.33. The van der Waals surface area contributed by atoms with Crippen LogP contribution in [0.15, 0.2) is 39.8 Å². The van der Waals surface area contributed by atoms with Crippen LogP contribution in [-0.2, 0) is 0 Å². The lowest BCUT2D eigenvalue weighted by molar-refractivity contribution is 0.300. The molecule has 2 rings (SSSR count). The van der Waals surface area contributed by atoms with E-state index >= 15 is 0 Å². The van der Waals surface area contributed by atoms with Crippen LogP contribution in [0.4, 0.5) is 0 Å². The maximum absolute atomic E-state index is 8.95. The lowest BCUT2D eigenvalue weighted by atomic mass is 10.3. The van der Waals surface area contributed by atoms with Crippen LogP contribution in [0, 0.1) is 0 Å². The Bertz CT molecular complexity index is 422. The Labute approximate surface area is 86.9 Å². The van der Waals surface area contributed by atoms with Gasteiger partial charge in [-0.3, -0.25) is 0 Å². The number of hydrogen-bond donors (Lipinski definition) is 1. The Morgan fingerprint density at radius 2 is 2.21 bits per heavy atom. The van der Waals surface area contributed by atoms with E-state index in [0.29, 0.717) is 0 Å². The molecule has 0 amide bonds. The third-order valence-electron chi connectivity index (χ3n) is 2.03. The fourth-order valence-corrected chi connectivity index (χ4v) is 2.21. The number of thioether (sulfide) groups is 1. The molecule has 1 aromatic carbocycles. The third kappa shape index (κ3) is 1.79. The fraction of sp³-hybridized carbons (Fsp3) is 0.273. The van der Waals surface area contributed by atoms with Crippen molar-refractivity contribution in [2.24, 2.45) is 0 Å². The second kappa shape index (κ2) is 4.07. The molecule has 0 radical (unpaired) electrons. The molecule has 0 fully saturated rings. The van der Waals surface area contributed by atoms with Gasteiger partial charge in [-0.25, -0.2) is 0 Å². The number of rotatable bonds is 3. The summed E-state index contributed by atoms with van der Waals surface area (Å²) >= 11 is 1.64. The zero-order valence-corrected chi connectivity index (χ0v) is 8.75. The summed E-state index contributed by atoms with van der Waals surface area (Å²) < 4.78 is 5.39. The van der Waals surface area contributed by atoms with Crippen LogP contribution in [0.25, 0.3) is 11.0 Å². The minimum Gasteiger partial charge on any atom is -0.463 e. The summed E-state index contributed by atoms with van der Waals surface area (Å²) in [5, 5.41) is 10.3. The summed E-state index contributed by atoms with van der Waals surface area (Å²) in [5.41, 5.74) is 0.903. The summed E-state index contributed by atoms with van der Waals surface area (Å²) in [7, 11) is 0. The summed E-state index contributed by atoms with van der Waals surface area (Å²) in [6.07, 6.45) is 1.75. The SMILES string of the molecule is CC(CO)Sc1coc2ccccc12. The monoisotopic (exact) mass is 208 g/mol. The largest absolute Gasteiger partial charge is 0.463 e. The van der Waals surface area contributed by atoms with Crippen LogP contribution in [-0.4, -0.2) is 17.0 Å². The quantitative estimate of drug-likeness (QED) is 0.787. The van der Waals surface area contributed by atoms with Crippen LogP contribution in [0.2, 0.25) is 0 Å². The molecule has 0 bridgehead atoms. The van der Waals surface area contributed by atoms with Gasteiger partial charge >= 0.3 is 0 Å². The number of fused-ring (bicyclic) bond motifs is 1. The molecule has 0 saturated heterocycles. The standard InChI is InChI=1S/C11H12O2S/c1-8(6-12)14-11-7-13-10-5-3-2-4-9(10)11/h2-5,7-8,12H,6H2,1H3. The normalized spacial score (nSPS) is 13.3. The van der Waals surface area contributed by atoms with E-state index in [1.54, 1.807) is 18.0 Å². The maximum Gasteiger partial charge on any atom is 0.135 e. The first-order valence-corrected chi connectivity index (χ1v) is 5.43. The van der Waals surface area contributed by atoms with Crippen molar-refractivity contribution in [3.63, 3.8) is 0 Å². The average Bonchev–Trinajstić information content (AvgIpc) is 2.62. The highest BCUT2D eigenvalue weighted by atomic mass is 32.2. The lowest BCUT2D eigenvalue weighted by Gasteiger charge is -2.04. The molecule has 74 valence electrons. The van der Waals surface area contributed by atoms with E-state index < -0.39 is 0 Å². The Hall–Kier alpha value is -0.930. The van der Waals surface area contributed by atoms with Crippen LogP contribution in [0.1, 0.15) is 6.92 Å². The van der Waals surface area contributed by atoms with Crippen LogP contribution in [0.5, 0.6) is 0 Å². The highest BCUT2D eigenvalue weighted by molar-refractivity contribution is 8.00. The third-order valence-corrected chi connectivity index (χ3v) is 3.15. The molecule has 1 atom stereocenters. The van der Waals surface area contributed by atoms with E-state index in [-0.39, 0.29) is 11.9 Å². The van der Waals surface area contributed by atoms with Gasteiger partial charge in [-0.2, -0.15) is 0 Å². The zero-order valence-electron chi connectivity index (χ0n) is 7.93. The summed E-state index contributed by atoms with van der Waals surface area (Å²) in [4.78, 5) is 1.10. The van der Waals surface area contributed by atoms with Crippen LogP contribution < -0.4 is 0 Å². The summed E-state index contributed by atoms with van der Waals surface area (Å²) in [6, 6.07) is 7.93. The Morgan fingerprint density at radius 1 is 1.43 bits per heavy atom. The molecule has 0 aliphatic rings. The highest BCUT2D eigenvalue weighted by Crippen LogP contribution is 2.31. The molecule has 1 unspecified atom stereocenters. The number of furan rings is 1. The van der Waals surface area contributed by atoms with E-state index in [9.17, 15) is 0 Å². The number of para-hydroxylation sites is 1. The molecule has 0 aliphatic carbocycles. The van der Waals surface area contributed by atoms with Crippen LogP contribution >= 0.6 is 11.8 Å². The van der Waals surface area contributed by atoms with E-state index in [4.69, 9.17) is 9.52 Å². The summed E-state index contributed by atoms with van der Waals surface area (Å²) in [6.45, 7) is 2.18. The molecule has 1 aromatic heterocycles. The molecule has 1 heterocycles. The number of aliphatic hydroxyl groups is 1. The number of aliphatic hydroxyl groups excluding tert-OH is 1. The van der Waals surface area contributed by atoms with E-state index in [1.165, 1.54) is 0 Å². The molecule has 14 heavy (non-hydrogen) atoms. The highest BCUT2D eigenvalue weighted by Gasteiger charge is 2.08. The molecule has 1 N–H and O–H groups in total. The zero-order chi connectivity index (χ0) is 9.97. The van der Waals surface area contributed by atoms with Gasteiger partial charge in [0.25, 0.3) is 0 Å². The molecule has 2 aromatic rings. The van der Waals surface area contributed by atoms with Gasteiger partial charge in [0.1, 0.15) is 11.8 Å². The van der Waals surface area contributed by atoms with Crippen molar-refractivity contribution in [1.82, 2.24) is 0 Å². The van der Waals surface area contributed by atoms with Crippen LogP contribution in [0.3, 0.4) is 0 Å². The number of benzene rings is 1. The first-order valence-electron chi connectivity index (χ1n) is 4.55. The minimum atomic E-state index is 0.185. The van der Waals surface area contributed by atoms with Crippen molar-refractivity contribution in [3.8, 4) is 0 Å². The molecule has 0 saturated carbocycles. The minimum absolute atomic E-state index is 0.185.